The second-order valence-electron chi connectivity index (χ2n) is 4.00. The SMILES string of the molecule is Cc1ccc(C(N)c2c(Br)cnn2C)c(Br)c1. The summed E-state index contributed by atoms with van der Waals surface area (Å²) in [7, 11) is 1.89. The van der Waals surface area contributed by atoms with Gasteiger partial charge in [-0.25, -0.2) is 0 Å². The van der Waals surface area contributed by atoms with Crippen LogP contribution in [0.2, 0.25) is 0 Å². The second-order valence-corrected chi connectivity index (χ2v) is 5.71. The van der Waals surface area contributed by atoms with Crippen molar-refractivity contribution in [2.45, 2.75) is 13.0 Å². The number of aromatic nitrogens is 2. The van der Waals surface area contributed by atoms with Crippen molar-refractivity contribution in [1.82, 2.24) is 9.78 Å². The number of benzene rings is 1. The Morgan fingerprint density at radius 2 is 2.00 bits per heavy atom. The molecular formula is C12H13Br2N3. The van der Waals surface area contributed by atoms with Gasteiger partial charge in [0.1, 0.15) is 0 Å². The highest BCUT2D eigenvalue weighted by atomic mass is 79.9. The molecule has 90 valence electrons. The van der Waals surface area contributed by atoms with Gasteiger partial charge < -0.3 is 5.73 Å². The van der Waals surface area contributed by atoms with E-state index < -0.39 is 0 Å². The maximum atomic E-state index is 6.29. The van der Waals surface area contributed by atoms with E-state index in [0.29, 0.717) is 0 Å². The quantitative estimate of drug-likeness (QED) is 0.895. The van der Waals surface area contributed by atoms with Crippen LogP contribution in [0.25, 0.3) is 0 Å². The fourth-order valence-corrected chi connectivity index (χ4v) is 3.14. The van der Waals surface area contributed by atoms with Gasteiger partial charge in [-0.3, -0.25) is 4.68 Å². The van der Waals surface area contributed by atoms with Crippen LogP contribution in [-0.4, -0.2) is 9.78 Å². The fourth-order valence-electron chi connectivity index (χ4n) is 1.80. The molecule has 0 fully saturated rings. The maximum absolute atomic E-state index is 6.29. The lowest BCUT2D eigenvalue weighted by atomic mass is 10.0. The molecular weight excluding hydrogens is 346 g/mol. The highest BCUT2D eigenvalue weighted by Crippen LogP contribution is 2.31. The van der Waals surface area contributed by atoms with Gasteiger partial charge in [-0.15, -0.1) is 0 Å². The van der Waals surface area contributed by atoms with Crippen LogP contribution in [0.3, 0.4) is 0 Å². The highest BCUT2D eigenvalue weighted by Gasteiger charge is 2.18. The Hall–Kier alpha value is -0.650. The number of hydrogen-bond acceptors (Lipinski definition) is 2. The molecule has 2 aromatic rings. The average molecular weight is 359 g/mol. The molecule has 0 radical (unpaired) electrons. The number of hydrogen-bond donors (Lipinski definition) is 1. The predicted octanol–water partition coefficient (Wildman–Crippen LogP) is 3.30. The van der Waals surface area contributed by atoms with Gasteiger partial charge in [0.2, 0.25) is 0 Å². The van der Waals surface area contributed by atoms with E-state index in [1.165, 1.54) is 5.56 Å². The Labute approximate surface area is 117 Å². The van der Waals surface area contributed by atoms with Gasteiger partial charge in [-0.05, 0) is 40.0 Å². The van der Waals surface area contributed by atoms with Gasteiger partial charge in [0.15, 0.2) is 0 Å². The average Bonchev–Trinajstić information content (AvgIpc) is 2.58. The molecule has 0 spiro atoms. The normalized spacial score (nSPS) is 12.8. The zero-order valence-corrected chi connectivity index (χ0v) is 12.8. The van der Waals surface area contributed by atoms with E-state index in [0.717, 1.165) is 20.2 Å². The Morgan fingerprint density at radius 1 is 1.29 bits per heavy atom. The standard InChI is InChI=1S/C12H13Br2N3/c1-7-3-4-8(9(13)5-7)11(15)12-10(14)6-16-17(12)2/h3-6,11H,15H2,1-2H3. The van der Waals surface area contributed by atoms with Crippen LogP contribution in [0.4, 0.5) is 0 Å². The van der Waals surface area contributed by atoms with Crippen LogP contribution in [0.15, 0.2) is 33.3 Å². The molecule has 2 rings (SSSR count). The summed E-state index contributed by atoms with van der Waals surface area (Å²) >= 11 is 7.03. The number of rotatable bonds is 2. The molecule has 0 aliphatic carbocycles. The Morgan fingerprint density at radius 3 is 2.53 bits per heavy atom. The molecule has 17 heavy (non-hydrogen) atoms. The number of nitrogens with two attached hydrogens (primary N) is 1. The monoisotopic (exact) mass is 357 g/mol. The third-order valence-corrected chi connectivity index (χ3v) is 4.02. The van der Waals surface area contributed by atoms with Crippen LogP contribution in [0.5, 0.6) is 0 Å². The maximum Gasteiger partial charge on any atom is 0.0745 e. The molecule has 0 bridgehead atoms. The molecule has 2 N–H and O–H groups in total. The molecule has 1 heterocycles. The summed E-state index contributed by atoms with van der Waals surface area (Å²) in [5, 5.41) is 4.18. The first kappa shape index (κ1) is 12.8. The summed E-state index contributed by atoms with van der Waals surface area (Å²) in [6.45, 7) is 2.06. The van der Waals surface area contributed by atoms with Crippen molar-refractivity contribution >= 4 is 31.9 Å². The van der Waals surface area contributed by atoms with E-state index >= 15 is 0 Å². The fraction of sp³-hybridized carbons (Fsp3) is 0.250. The molecule has 1 aromatic carbocycles. The van der Waals surface area contributed by atoms with Crippen LogP contribution in [-0.2, 0) is 7.05 Å². The zero-order valence-electron chi connectivity index (χ0n) is 9.61. The topological polar surface area (TPSA) is 43.8 Å². The molecule has 1 unspecified atom stereocenters. The van der Waals surface area contributed by atoms with E-state index in [9.17, 15) is 0 Å². The zero-order chi connectivity index (χ0) is 12.6. The molecule has 5 heteroatoms. The van der Waals surface area contributed by atoms with Crippen molar-refractivity contribution < 1.29 is 0 Å². The first-order valence-electron chi connectivity index (χ1n) is 5.19. The van der Waals surface area contributed by atoms with Gasteiger partial charge in [-0.2, -0.15) is 5.10 Å². The summed E-state index contributed by atoms with van der Waals surface area (Å²) in [4.78, 5) is 0. The van der Waals surface area contributed by atoms with E-state index in [1.54, 1.807) is 10.9 Å². The molecule has 0 aliphatic rings. The van der Waals surface area contributed by atoms with Gasteiger partial charge in [0.05, 0.1) is 22.4 Å². The Bertz CT molecular complexity index is 529. The van der Waals surface area contributed by atoms with Crippen molar-refractivity contribution in [3.05, 3.63) is 50.2 Å². The summed E-state index contributed by atoms with van der Waals surface area (Å²) in [5.74, 6) is 0. The first-order chi connectivity index (χ1) is 8.00. The molecule has 3 nitrogen and oxygen atoms in total. The second kappa shape index (κ2) is 4.92. The van der Waals surface area contributed by atoms with Gasteiger partial charge in [-0.1, -0.05) is 28.1 Å². The summed E-state index contributed by atoms with van der Waals surface area (Å²) < 4.78 is 3.75. The van der Waals surface area contributed by atoms with Crippen LogP contribution < -0.4 is 5.73 Å². The van der Waals surface area contributed by atoms with Crippen LogP contribution >= 0.6 is 31.9 Å². The van der Waals surface area contributed by atoms with Crippen LogP contribution in [0.1, 0.15) is 22.9 Å². The first-order valence-corrected chi connectivity index (χ1v) is 6.78. The van der Waals surface area contributed by atoms with Crippen LogP contribution in [0, 0.1) is 6.92 Å². The van der Waals surface area contributed by atoms with Gasteiger partial charge >= 0.3 is 0 Å². The smallest absolute Gasteiger partial charge is 0.0745 e. The minimum atomic E-state index is -0.202. The lowest BCUT2D eigenvalue weighted by Gasteiger charge is -2.15. The van der Waals surface area contributed by atoms with E-state index in [4.69, 9.17) is 5.73 Å². The molecule has 0 amide bonds. The minimum Gasteiger partial charge on any atom is -0.319 e. The summed E-state index contributed by atoms with van der Waals surface area (Å²) in [6, 6.07) is 5.97. The number of aryl methyl sites for hydroxylation is 2. The van der Waals surface area contributed by atoms with Crippen molar-refractivity contribution in [2.75, 3.05) is 0 Å². The largest absolute Gasteiger partial charge is 0.319 e. The molecule has 0 saturated heterocycles. The van der Waals surface area contributed by atoms with E-state index in [-0.39, 0.29) is 6.04 Å². The Balaban J connectivity index is 2.47. The lowest BCUT2D eigenvalue weighted by molar-refractivity contribution is 0.670. The van der Waals surface area contributed by atoms with Crippen molar-refractivity contribution in [3.63, 3.8) is 0 Å². The number of nitrogens with zero attached hydrogens (tertiary/aromatic N) is 2. The van der Waals surface area contributed by atoms with E-state index in [1.807, 2.05) is 13.1 Å². The predicted molar refractivity (Wildman–Crippen MR) is 75.8 cm³/mol. The van der Waals surface area contributed by atoms with Gasteiger partial charge in [0.25, 0.3) is 0 Å². The summed E-state index contributed by atoms with van der Waals surface area (Å²) in [5.41, 5.74) is 9.52. The molecule has 1 atom stereocenters. The third-order valence-electron chi connectivity index (χ3n) is 2.72. The molecule has 1 aromatic heterocycles. The Kier molecular flexibility index (Phi) is 3.70. The highest BCUT2D eigenvalue weighted by molar-refractivity contribution is 9.10. The van der Waals surface area contributed by atoms with Crippen molar-refractivity contribution in [2.24, 2.45) is 12.8 Å². The van der Waals surface area contributed by atoms with E-state index in [2.05, 4.69) is 56.0 Å². The van der Waals surface area contributed by atoms with Crippen molar-refractivity contribution in [3.8, 4) is 0 Å². The summed E-state index contributed by atoms with van der Waals surface area (Å²) in [6.07, 6.45) is 1.76. The molecule has 0 aliphatic heterocycles. The molecule has 0 saturated carbocycles. The number of halogens is 2. The lowest BCUT2D eigenvalue weighted by Crippen LogP contribution is -2.17. The minimum absolute atomic E-state index is 0.202. The third kappa shape index (κ3) is 2.46. The van der Waals surface area contributed by atoms with Gasteiger partial charge in [0, 0.05) is 11.5 Å². The van der Waals surface area contributed by atoms with Crippen molar-refractivity contribution in [1.29, 1.82) is 0 Å².